The third-order valence-corrected chi connectivity index (χ3v) is 7.25. The lowest BCUT2D eigenvalue weighted by Gasteiger charge is -2.37. The zero-order chi connectivity index (χ0) is 24.5. The summed E-state index contributed by atoms with van der Waals surface area (Å²) in [4.78, 5) is 30.3. The Kier molecular flexibility index (Phi) is 10.1. The number of amides is 2. The first-order valence-electron chi connectivity index (χ1n) is 12.9. The second-order valence-electron chi connectivity index (χ2n) is 9.75. The number of unbranched alkanes of at least 4 members (excludes halogenated alkanes) is 1. The highest BCUT2D eigenvalue weighted by Crippen LogP contribution is 2.26. The van der Waals surface area contributed by atoms with Crippen LogP contribution in [0.15, 0.2) is 42.6 Å². The van der Waals surface area contributed by atoms with E-state index in [1.54, 1.807) is 4.90 Å². The van der Waals surface area contributed by atoms with E-state index in [1.165, 1.54) is 6.42 Å². The largest absolute Gasteiger partial charge is 0.345 e. The summed E-state index contributed by atoms with van der Waals surface area (Å²) in [5.41, 5.74) is 2.15. The number of nitrogens with zero attached hydrogens (tertiary/aromatic N) is 3. The quantitative estimate of drug-likeness (QED) is 0.376. The van der Waals surface area contributed by atoms with Crippen LogP contribution in [0, 0.1) is 0 Å². The van der Waals surface area contributed by atoms with Crippen LogP contribution >= 0.6 is 11.6 Å². The normalized spacial score (nSPS) is 14.4. The summed E-state index contributed by atoms with van der Waals surface area (Å²) in [5.74, 6) is 0.131. The highest BCUT2D eigenvalue weighted by atomic mass is 35.5. The molecule has 6 heteroatoms. The highest BCUT2D eigenvalue weighted by Gasteiger charge is 2.29. The van der Waals surface area contributed by atoms with Crippen molar-refractivity contribution in [1.82, 2.24) is 14.4 Å². The van der Waals surface area contributed by atoms with Gasteiger partial charge in [-0.3, -0.25) is 9.59 Å². The number of carbonyl (C=O) groups is 2. The van der Waals surface area contributed by atoms with Gasteiger partial charge < -0.3 is 14.4 Å². The number of hydrogen-bond donors (Lipinski definition) is 0. The van der Waals surface area contributed by atoms with Gasteiger partial charge in [-0.1, -0.05) is 62.4 Å². The molecule has 0 radical (unpaired) electrons. The summed E-state index contributed by atoms with van der Waals surface area (Å²) in [5, 5.41) is 0.750. The zero-order valence-corrected chi connectivity index (χ0v) is 21.8. The second kappa shape index (κ2) is 13.0. The lowest BCUT2D eigenvalue weighted by molar-refractivity contribution is -0.144. The van der Waals surface area contributed by atoms with E-state index in [4.69, 9.17) is 11.6 Å². The van der Waals surface area contributed by atoms with Crippen molar-refractivity contribution in [2.24, 2.45) is 0 Å². The molecule has 1 heterocycles. The van der Waals surface area contributed by atoms with E-state index in [0.717, 1.165) is 54.8 Å². The SMILES string of the molecule is CCCCC(=O)N(CC(=O)N(Cc1cccn1Cc1ccccc1Cl)C1CCCCC1)C(C)C. The molecule has 1 aromatic heterocycles. The molecule has 0 aliphatic heterocycles. The third-order valence-electron chi connectivity index (χ3n) is 6.88. The molecule has 0 atom stereocenters. The molecule has 5 nitrogen and oxygen atoms in total. The van der Waals surface area contributed by atoms with Crippen LogP contribution in [0.1, 0.15) is 83.4 Å². The third kappa shape index (κ3) is 7.11. The molecule has 1 aromatic carbocycles. The van der Waals surface area contributed by atoms with Crippen molar-refractivity contribution >= 4 is 23.4 Å². The van der Waals surface area contributed by atoms with E-state index in [9.17, 15) is 9.59 Å². The van der Waals surface area contributed by atoms with Crippen LogP contribution in [0.4, 0.5) is 0 Å². The Morgan fingerprint density at radius 1 is 1.06 bits per heavy atom. The smallest absolute Gasteiger partial charge is 0.242 e. The first-order valence-corrected chi connectivity index (χ1v) is 13.2. The maximum atomic E-state index is 13.7. The van der Waals surface area contributed by atoms with Crippen LogP contribution in [0.5, 0.6) is 0 Å². The average molecular weight is 486 g/mol. The summed E-state index contributed by atoms with van der Waals surface area (Å²) in [6, 6.07) is 12.2. The van der Waals surface area contributed by atoms with E-state index in [1.807, 2.05) is 49.1 Å². The van der Waals surface area contributed by atoms with Crippen LogP contribution in [0.2, 0.25) is 5.02 Å². The number of carbonyl (C=O) groups excluding carboxylic acids is 2. The molecule has 0 saturated heterocycles. The molecule has 1 aliphatic carbocycles. The molecule has 34 heavy (non-hydrogen) atoms. The van der Waals surface area contributed by atoms with Crippen LogP contribution in [0.3, 0.4) is 0 Å². The van der Waals surface area contributed by atoms with Gasteiger partial charge in [0.2, 0.25) is 11.8 Å². The minimum atomic E-state index is 0.00518. The molecule has 0 spiro atoms. The lowest BCUT2D eigenvalue weighted by Crippen LogP contribution is -2.49. The van der Waals surface area contributed by atoms with E-state index in [0.29, 0.717) is 19.5 Å². The Morgan fingerprint density at radius 2 is 1.79 bits per heavy atom. The molecular weight excluding hydrogens is 446 g/mol. The van der Waals surface area contributed by atoms with Crippen LogP contribution in [-0.2, 0) is 22.7 Å². The Labute approximate surface area is 210 Å². The number of aromatic nitrogens is 1. The molecule has 2 aromatic rings. The minimum absolute atomic E-state index is 0.00518. The lowest BCUT2D eigenvalue weighted by atomic mass is 9.94. The predicted molar refractivity (Wildman–Crippen MR) is 139 cm³/mol. The van der Waals surface area contributed by atoms with Crippen molar-refractivity contribution in [2.45, 2.75) is 97.3 Å². The number of hydrogen-bond acceptors (Lipinski definition) is 2. The van der Waals surface area contributed by atoms with Gasteiger partial charge in [0.25, 0.3) is 0 Å². The molecule has 0 bridgehead atoms. The molecule has 1 fully saturated rings. The highest BCUT2D eigenvalue weighted by molar-refractivity contribution is 6.31. The summed E-state index contributed by atoms with van der Waals surface area (Å²) < 4.78 is 2.18. The molecule has 2 amide bonds. The van der Waals surface area contributed by atoms with Gasteiger partial charge >= 0.3 is 0 Å². The topological polar surface area (TPSA) is 45.6 Å². The average Bonchev–Trinajstić information content (AvgIpc) is 3.27. The van der Waals surface area contributed by atoms with Crippen LogP contribution < -0.4 is 0 Å². The Morgan fingerprint density at radius 3 is 2.47 bits per heavy atom. The maximum Gasteiger partial charge on any atom is 0.242 e. The fraction of sp³-hybridized carbons (Fsp3) is 0.571. The monoisotopic (exact) mass is 485 g/mol. The molecule has 0 unspecified atom stereocenters. The molecule has 3 rings (SSSR count). The summed E-state index contributed by atoms with van der Waals surface area (Å²) in [7, 11) is 0. The molecule has 1 aliphatic rings. The Bertz CT molecular complexity index is 933. The van der Waals surface area contributed by atoms with Gasteiger partial charge in [-0.25, -0.2) is 0 Å². The van der Waals surface area contributed by atoms with Gasteiger partial charge in [0.05, 0.1) is 13.1 Å². The zero-order valence-electron chi connectivity index (χ0n) is 21.0. The predicted octanol–water partition coefficient (Wildman–Crippen LogP) is 6.28. The van der Waals surface area contributed by atoms with Crippen molar-refractivity contribution in [3.8, 4) is 0 Å². The first-order chi connectivity index (χ1) is 16.4. The van der Waals surface area contributed by atoms with Gasteiger partial charge in [0.1, 0.15) is 0 Å². The maximum absolute atomic E-state index is 13.7. The summed E-state index contributed by atoms with van der Waals surface area (Å²) >= 11 is 6.41. The molecular formula is C28H40ClN3O2. The van der Waals surface area contributed by atoms with Crippen LogP contribution in [-0.4, -0.2) is 44.8 Å². The Balaban J connectivity index is 1.79. The van der Waals surface area contributed by atoms with Crippen LogP contribution in [0.25, 0.3) is 0 Å². The minimum Gasteiger partial charge on any atom is -0.345 e. The first kappa shape index (κ1) is 26.3. The molecule has 186 valence electrons. The fourth-order valence-electron chi connectivity index (χ4n) is 4.81. The summed E-state index contributed by atoms with van der Waals surface area (Å²) in [6.07, 6.45) is 9.99. The van der Waals surface area contributed by atoms with Gasteiger partial charge in [-0.05, 0) is 56.9 Å². The van der Waals surface area contributed by atoms with Gasteiger partial charge in [0.15, 0.2) is 0 Å². The second-order valence-corrected chi connectivity index (χ2v) is 10.2. The van der Waals surface area contributed by atoms with Crippen molar-refractivity contribution in [3.05, 3.63) is 58.9 Å². The van der Waals surface area contributed by atoms with E-state index in [2.05, 4.69) is 23.8 Å². The van der Waals surface area contributed by atoms with Gasteiger partial charge in [0, 0.05) is 42.0 Å². The van der Waals surface area contributed by atoms with Crippen molar-refractivity contribution in [3.63, 3.8) is 0 Å². The van der Waals surface area contributed by atoms with Crippen molar-refractivity contribution < 1.29 is 9.59 Å². The number of halogens is 1. The molecule has 1 saturated carbocycles. The summed E-state index contributed by atoms with van der Waals surface area (Å²) in [6.45, 7) is 7.45. The van der Waals surface area contributed by atoms with E-state index < -0.39 is 0 Å². The standard InChI is InChI=1S/C28H40ClN3O2/c1-4-5-17-27(33)31(22(2)3)21-28(34)32(24-13-7-6-8-14-24)20-25-15-11-18-30(25)19-23-12-9-10-16-26(23)29/h9-12,15-16,18,22,24H,4-8,13-14,17,19-21H2,1-3H3. The van der Waals surface area contributed by atoms with Crippen molar-refractivity contribution in [2.75, 3.05) is 6.54 Å². The fourth-order valence-corrected chi connectivity index (χ4v) is 5.01. The Hall–Kier alpha value is -2.27. The molecule has 0 N–H and O–H groups in total. The van der Waals surface area contributed by atoms with Gasteiger partial charge in [-0.15, -0.1) is 0 Å². The van der Waals surface area contributed by atoms with E-state index >= 15 is 0 Å². The number of rotatable bonds is 11. The van der Waals surface area contributed by atoms with Crippen molar-refractivity contribution in [1.29, 1.82) is 0 Å². The van der Waals surface area contributed by atoms with E-state index in [-0.39, 0.29) is 30.4 Å². The number of benzene rings is 1. The van der Waals surface area contributed by atoms with Gasteiger partial charge in [-0.2, -0.15) is 0 Å².